The van der Waals surface area contributed by atoms with Gasteiger partial charge < -0.3 is 14.4 Å². The van der Waals surface area contributed by atoms with E-state index in [0.29, 0.717) is 25.5 Å². The van der Waals surface area contributed by atoms with E-state index in [9.17, 15) is 4.79 Å². The molecule has 4 rings (SSSR count). The Balaban J connectivity index is 1.32. The minimum atomic E-state index is -0.131. The van der Waals surface area contributed by atoms with Crippen LogP contribution in [0.2, 0.25) is 0 Å². The van der Waals surface area contributed by atoms with Gasteiger partial charge in [0.25, 0.3) is 0 Å². The number of urea groups is 1. The number of carbonyl (C=O) groups excluding carboxylic acids is 1. The maximum absolute atomic E-state index is 12.3. The summed E-state index contributed by atoms with van der Waals surface area (Å²) in [4.78, 5) is 14.2. The van der Waals surface area contributed by atoms with Crippen molar-refractivity contribution in [3.8, 4) is 5.75 Å². The number of likely N-dealkylation sites (tertiary alicyclic amines) is 1. The summed E-state index contributed by atoms with van der Waals surface area (Å²) >= 11 is 0. The van der Waals surface area contributed by atoms with E-state index in [-0.39, 0.29) is 12.1 Å². The molecule has 28 heavy (non-hydrogen) atoms. The van der Waals surface area contributed by atoms with Crippen LogP contribution in [-0.4, -0.2) is 53.5 Å². The molecule has 1 N–H and O–H groups in total. The largest absolute Gasteiger partial charge is 0.488 e. The molecule has 0 saturated carbocycles. The van der Waals surface area contributed by atoms with E-state index in [2.05, 4.69) is 33.7 Å². The number of benzene rings is 1. The van der Waals surface area contributed by atoms with E-state index in [1.54, 1.807) is 18.3 Å². The van der Waals surface area contributed by atoms with Crippen LogP contribution in [0.1, 0.15) is 24.8 Å². The van der Waals surface area contributed by atoms with E-state index in [0.717, 1.165) is 37.2 Å². The molecule has 2 saturated heterocycles. The summed E-state index contributed by atoms with van der Waals surface area (Å²) in [7, 11) is 0. The van der Waals surface area contributed by atoms with Crippen molar-refractivity contribution in [2.24, 2.45) is 0 Å². The van der Waals surface area contributed by atoms with Crippen molar-refractivity contribution in [3.63, 3.8) is 0 Å². The maximum Gasteiger partial charge on any atom is 0.323 e. The van der Waals surface area contributed by atoms with Crippen molar-refractivity contribution in [2.75, 3.05) is 31.6 Å². The number of carbonyl (C=O) groups is 1. The van der Waals surface area contributed by atoms with Crippen LogP contribution in [0.25, 0.3) is 6.08 Å². The second-order valence-electron chi connectivity index (χ2n) is 7.00. The van der Waals surface area contributed by atoms with Crippen LogP contribution in [-0.2, 0) is 4.74 Å². The SMILES string of the molecule is O=C(Nc1cccnn1)N1CCC(=Cc2cccc(OC3CCOC3)c2)CC1. The number of piperidine rings is 1. The summed E-state index contributed by atoms with van der Waals surface area (Å²) in [6, 6.07) is 11.5. The zero-order valence-electron chi connectivity index (χ0n) is 15.7. The minimum absolute atomic E-state index is 0.131. The highest BCUT2D eigenvalue weighted by Gasteiger charge is 2.20. The zero-order chi connectivity index (χ0) is 19.2. The molecule has 1 aromatic carbocycles. The standard InChI is InChI=1S/C21H24N4O3/c26-21(23-20-5-2-9-22-24-20)25-10-6-16(7-11-25)13-17-3-1-4-18(14-17)28-19-8-12-27-15-19/h1-5,9,13-14,19H,6-8,10-12,15H2,(H,23,24,26). The van der Waals surface area contributed by atoms with Crippen LogP contribution in [0.15, 0.2) is 48.2 Å². The Morgan fingerprint density at radius 3 is 2.89 bits per heavy atom. The van der Waals surface area contributed by atoms with Gasteiger partial charge in [-0.15, -0.1) is 5.10 Å². The first-order valence-corrected chi connectivity index (χ1v) is 9.64. The molecule has 146 valence electrons. The molecule has 0 aliphatic carbocycles. The molecule has 0 radical (unpaired) electrons. The first-order chi connectivity index (χ1) is 13.8. The lowest BCUT2D eigenvalue weighted by Crippen LogP contribution is -2.39. The molecule has 2 aliphatic rings. The number of hydrogen-bond acceptors (Lipinski definition) is 5. The van der Waals surface area contributed by atoms with Crippen LogP contribution in [0.5, 0.6) is 5.75 Å². The normalized spacial score (nSPS) is 19.4. The Labute approximate surface area is 164 Å². The van der Waals surface area contributed by atoms with Crippen molar-refractivity contribution in [1.29, 1.82) is 0 Å². The Morgan fingerprint density at radius 1 is 1.25 bits per heavy atom. The summed E-state index contributed by atoms with van der Waals surface area (Å²) < 4.78 is 11.4. The van der Waals surface area contributed by atoms with Gasteiger partial charge in [0, 0.05) is 25.7 Å². The molecule has 7 heteroatoms. The quantitative estimate of drug-likeness (QED) is 0.880. The number of ether oxygens (including phenoxy) is 2. The third-order valence-electron chi connectivity index (χ3n) is 4.92. The van der Waals surface area contributed by atoms with E-state index in [1.165, 1.54) is 5.57 Å². The molecule has 1 unspecified atom stereocenters. The molecule has 1 aromatic heterocycles. The van der Waals surface area contributed by atoms with Crippen LogP contribution >= 0.6 is 0 Å². The first kappa shape index (κ1) is 18.4. The Hall–Kier alpha value is -2.93. The fourth-order valence-corrected chi connectivity index (χ4v) is 3.41. The monoisotopic (exact) mass is 380 g/mol. The van der Waals surface area contributed by atoms with Crippen LogP contribution < -0.4 is 10.1 Å². The molecular formula is C21H24N4O3. The average Bonchev–Trinajstić information content (AvgIpc) is 3.23. The van der Waals surface area contributed by atoms with Gasteiger partial charge in [0.05, 0.1) is 13.2 Å². The predicted octanol–water partition coefficient (Wildman–Crippen LogP) is 3.36. The van der Waals surface area contributed by atoms with Gasteiger partial charge in [-0.2, -0.15) is 5.10 Å². The fraction of sp³-hybridized carbons (Fsp3) is 0.381. The molecule has 2 fully saturated rings. The third kappa shape index (κ3) is 4.86. The van der Waals surface area contributed by atoms with E-state index < -0.39 is 0 Å². The zero-order valence-corrected chi connectivity index (χ0v) is 15.7. The number of nitrogens with zero attached hydrogens (tertiary/aromatic N) is 3. The van der Waals surface area contributed by atoms with E-state index in [4.69, 9.17) is 9.47 Å². The summed E-state index contributed by atoms with van der Waals surface area (Å²) in [6.45, 7) is 2.81. The second kappa shape index (κ2) is 8.84. The average molecular weight is 380 g/mol. The molecule has 1 atom stereocenters. The third-order valence-corrected chi connectivity index (χ3v) is 4.92. The number of anilines is 1. The minimum Gasteiger partial charge on any atom is -0.488 e. The Morgan fingerprint density at radius 2 is 2.14 bits per heavy atom. The number of rotatable bonds is 4. The molecule has 3 heterocycles. The highest BCUT2D eigenvalue weighted by Crippen LogP contribution is 2.23. The maximum atomic E-state index is 12.3. The summed E-state index contributed by atoms with van der Waals surface area (Å²) in [6.07, 6.45) is 6.59. The van der Waals surface area contributed by atoms with E-state index in [1.807, 2.05) is 17.0 Å². The number of amides is 2. The smallest absolute Gasteiger partial charge is 0.323 e. The lowest BCUT2D eigenvalue weighted by Gasteiger charge is -2.28. The van der Waals surface area contributed by atoms with Crippen LogP contribution in [0.4, 0.5) is 10.6 Å². The van der Waals surface area contributed by atoms with Crippen molar-refractivity contribution in [3.05, 3.63) is 53.7 Å². The lowest BCUT2D eigenvalue weighted by atomic mass is 10.0. The highest BCUT2D eigenvalue weighted by atomic mass is 16.5. The number of nitrogens with one attached hydrogen (secondary N) is 1. The summed E-state index contributed by atoms with van der Waals surface area (Å²) in [5, 5.41) is 10.4. The molecule has 7 nitrogen and oxygen atoms in total. The summed E-state index contributed by atoms with van der Waals surface area (Å²) in [5.41, 5.74) is 2.47. The van der Waals surface area contributed by atoms with Gasteiger partial charge in [0.1, 0.15) is 11.9 Å². The number of hydrogen-bond donors (Lipinski definition) is 1. The molecule has 0 bridgehead atoms. The van der Waals surface area contributed by atoms with Gasteiger partial charge in [0.2, 0.25) is 0 Å². The van der Waals surface area contributed by atoms with E-state index >= 15 is 0 Å². The van der Waals surface area contributed by atoms with Crippen molar-refractivity contribution < 1.29 is 14.3 Å². The first-order valence-electron chi connectivity index (χ1n) is 9.64. The van der Waals surface area contributed by atoms with Gasteiger partial charge in [-0.1, -0.05) is 23.8 Å². The molecule has 2 aromatic rings. The predicted molar refractivity (Wildman–Crippen MR) is 106 cm³/mol. The van der Waals surface area contributed by atoms with Crippen molar-refractivity contribution >= 4 is 17.9 Å². The molecule has 2 amide bonds. The number of aromatic nitrogens is 2. The lowest BCUT2D eigenvalue weighted by molar-refractivity contribution is 0.141. The Bertz CT molecular complexity index is 825. The molecule has 0 spiro atoms. The van der Waals surface area contributed by atoms with Gasteiger partial charge >= 0.3 is 6.03 Å². The van der Waals surface area contributed by atoms with Gasteiger partial charge in [-0.25, -0.2) is 4.79 Å². The van der Waals surface area contributed by atoms with Gasteiger partial charge in [-0.3, -0.25) is 5.32 Å². The second-order valence-corrected chi connectivity index (χ2v) is 7.00. The topological polar surface area (TPSA) is 76.6 Å². The van der Waals surface area contributed by atoms with Crippen molar-refractivity contribution in [1.82, 2.24) is 15.1 Å². The van der Waals surface area contributed by atoms with Crippen LogP contribution in [0.3, 0.4) is 0 Å². The van der Waals surface area contributed by atoms with Crippen molar-refractivity contribution in [2.45, 2.75) is 25.4 Å². The summed E-state index contributed by atoms with van der Waals surface area (Å²) in [5.74, 6) is 1.35. The van der Waals surface area contributed by atoms with Gasteiger partial charge in [-0.05, 0) is 42.7 Å². The van der Waals surface area contributed by atoms with Gasteiger partial charge in [0.15, 0.2) is 5.82 Å². The fourth-order valence-electron chi connectivity index (χ4n) is 3.41. The van der Waals surface area contributed by atoms with Crippen LogP contribution in [0, 0.1) is 0 Å². The Kier molecular flexibility index (Phi) is 5.82. The molecular weight excluding hydrogens is 356 g/mol. The molecule has 2 aliphatic heterocycles. The highest BCUT2D eigenvalue weighted by molar-refractivity contribution is 5.88.